The van der Waals surface area contributed by atoms with E-state index in [-0.39, 0.29) is 5.91 Å². The second kappa shape index (κ2) is 7.07. The van der Waals surface area contributed by atoms with E-state index in [0.717, 1.165) is 30.2 Å². The number of carbonyl (C=O) groups excluding carboxylic acids is 1. The van der Waals surface area contributed by atoms with Gasteiger partial charge in [-0.25, -0.2) is 0 Å². The van der Waals surface area contributed by atoms with Crippen molar-refractivity contribution in [3.8, 4) is 0 Å². The summed E-state index contributed by atoms with van der Waals surface area (Å²) in [6.45, 7) is 0. The van der Waals surface area contributed by atoms with E-state index in [1.54, 1.807) is 18.2 Å². The lowest BCUT2D eigenvalue weighted by atomic mass is 9.79. The monoisotopic (exact) mass is 388 g/mol. The topological polar surface area (TPSA) is 55.1 Å². The zero-order chi connectivity index (χ0) is 15.5. The Morgan fingerprint density at radius 3 is 2.48 bits per heavy atom. The lowest BCUT2D eigenvalue weighted by Gasteiger charge is -2.30. The Balaban J connectivity index is 2.26. The van der Waals surface area contributed by atoms with Crippen molar-refractivity contribution in [1.82, 2.24) is 0 Å². The molecule has 0 bridgehead atoms. The van der Waals surface area contributed by atoms with Gasteiger partial charge in [0.05, 0.1) is 16.1 Å². The van der Waals surface area contributed by atoms with Gasteiger partial charge in [-0.1, -0.05) is 49.5 Å². The summed E-state index contributed by atoms with van der Waals surface area (Å²) in [5.74, 6) is -0.125. The molecule has 1 fully saturated rings. The van der Waals surface area contributed by atoms with Crippen molar-refractivity contribution in [2.45, 2.75) is 38.5 Å². The highest BCUT2D eigenvalue weighted by Gasteiger charge is 2.41. The summed E-state index contributed by atoms with van der Waals surface area (Å²) in [5, 5.41) is 3.50. The molecule has 1 aromatic rings. The number of benzene rings is 1. The van der Waals surface area contributed by atoms with Crippen LogP contribution in [0.3, 0.4) is 0 Å². The lowest BCUT2D eigenvalue weighted by Crippen LogP contribution is -2.45. The second-order valence-corrected chi connectivity index (χ2v) is 7.17. The van der Waals surface area contributed by atoms with Gasteiger partial charge in [0.15, 0.2) is 0 Å². The number of carbonyl (C=O) groups is 1. The molecular formula is C15H18BrClN2OS. The van der Waals surface area contributed by atoms with E-state index in [2.05, 4.69) is 21.2 Å². The summed E-state index contributed by atoms with van der Waals surface area (Å²) in [7, 11) is 0. The molecule has 0 atom stereocenters. The van der Waals surface area contributed by atoms with Crippen LogP contribution in [0.25, 0.3) is 0 Å². The lowest BCUT2D eigenvalue weighted by molar-refractivity contribution is -0.122. The van der Waals surface area contributed by atoms with Gasteiger partial charge < -0.3 is 11.1 Å². The zero-order valence-electron chi connectivity index (χ0n) is 11.6. The minimum Gasteiger partial charge on any atom is -0.392 e. The van der Waals surface area contributed by atoms with Crippen LogP contribution in [0.1, 0.15) is 38.5 Å². The van der Waals surface area contributed by atoms with E-state index >= 15 is 0 Å². The van der Waals surface area contributed by atoms with Gasteiger partial charge in [-0.3, -0.25) is 4.79 Å². The van der Waals surface area contributed by atoms with Crippen molar-refractivity contribution in [2.24, 2.45) is 11.1 Å². The van der Waals surface area contributed by atoms with Gasteiger partial charge >= 0.3 is 0 Å². The maximum atomic E-state index is 12.8. The quantitative estimate of drug-likeness (QED) is 0.583. The van der Waals surface area contributed by atoms with Crippen LogP contribution in [0.2, 0.25) is 5.02 Å². The van der Waals surface area contributed by atoms with Gasteiger partial charge in [0.1, 0.15) is 0 Å². The van der Waals surface area contributed by atoms with Crippen molar-refractivity contribution in [3.63, 3.8) is 0 Å². The van der Waals surface area contributed by atoms with Gasteiger partial charge in [-0.2, -0.15) is 0 Å². The Labute approximate surface area is 143 Å². The van der Waals surface area contributed by atoms with Gasteiger partial charge in [-0.05, 0) is 47.0 Å². The summed E-state index contributed by atoms with van der Waals surface area (Å²) >= 11 is 14.6. The van der Waals surface area contributed by atoms with Crippen LogP contribution in [0.15, 0.2) is 22.7 Å². The predicted molar refractivity (Wildman–Crippen MR) is 94.7 cm³/mol. The Hall–Kier alpha value is -0.650. The van der Waals surface area contributed by atoms with E-state index in [0.29, 0.717) is 28.5 Å². The molecule has 6 heteroatoms. The fourth-order valence-electron chi connectivity index (χ4n) is 2.75. The summed E-state index contributed by atoms with van der Waals surface area (Å²) in [6, 6.07) is 5.28. The molecular weight excluding hydrogens is 372 g/mol. The fraction of sp³-hybridized carbons (Fsp3) is 0.467. The van der Waals surface area contributed by atoms with Gasteiger partial charge in [-0.15, -0.1) is 0 Å². The number of thiocarbonyl (C=S) groups is 1. The molecule has 0 spiro atoms. The molecule has 0 aromatic heterocycles. The number of nitrogens with two attached hydrogens (primary N) is 1. The highest BCUT2D eigenvalue weighted by atomic mass is 79.9. The Kier molecular flexibility index (Phi) is 5.63. The third-order valence-corrected chi connectivity index (χ3v) is 5.36. The first-order chi connectivity index (χ1) is 9.95. The minimum absolute atomic E-state index is 0.125. The minimum atomic E-state index is -0.742. The Morgan fingerprint density at radius 1 is 1.29 bits per heavy atom. The molecule has 3 nitrogen and oxygen atoms in total. The highest BCUT2D eigenvalue weighted by molar-refractivity contribution is 9.10. The van der Waals surface area contributed by atoms with E-state index in [9.17, 15) is 4.79 Å². The first-order valence-electron chi connectivity index (χ1n) is 7.02. The average Bonchev–Trinajstić information content (AvgIpc) is 2.69. The van der Waals surface area contributed by atoms with E-state index in [4.69, 9.17) is 29.6 Å². The summed E-state index contributed by atoms with van der Waals surface area (Å²) in [6.07, 6.45) is 5.62. The van der Waals surface area contributed by atoms with Gasteiger partial charge in [0.25, 0.3) is 0 Å². The number of hydrogen-bond acceptors (Lipinski definition) is 2. The van der Waals surface area contributed by atoms with E-state index < -0.39 is 5.41 Å². The Morgan fingerprint density at radius 2 is 1.90 bits per heavy atom. The maximum Gasteiger partial charge on any atom is 0.237 e. The average molecular weight is 390 g/mol. The maximum absolute atomic E-state index is 12.8. The molecule has 0 unspecified atom stereocenters. The third-order valence-electron chi connectivity index (χ3n) is 4.04. The summed E-state index contributed by atoms with van der Waals surface area (Å²) in [5.41, 5.74) is 5.83. The van der Waals surface area contributed by atoms with Crippen LogP contribution in [0, 0.1) is 5.41 Å². The molecule has 1 aliphatic rings. The highest BCUT2D eigenvalue weighted by Crippen LogP contribution is 2.37. The van der Waals surface area contributed by atoms with Crippen LogP contribution in [-0.4, -0.2) is 10.9 Å². The van der Waals surface area contributed by atoms with Crippen LogP contribution in [0.5, 0.6) is 0 Å². The fourth-order valence-corrected chi connectivity index (χ4v) is 3.57. The number of anilines is 1. The molecule has 0 aliphatic heterocycles. The van der Waals surface area contributed by atoms with E-state index in [1.165, 1.54) is 0 Å². The summed E-state index contributed by atoms with van der Waals surface area (Å²) in [4.78, 5) is 13.1. The predicted octanol–water partition coefficient (Wildman–Crippen LogP) is 4.67. The number of hydrogen-bond donors (Lipinski definition) is 2. The SMILES string of the molecule is NC(=S)C1(C(=O)Nc2cc(Cl)ccc2Br)CCCCCC1. The molecule has 1 aliphatic carbocycles. The molecule has 2 rings (SSSR count). The van der Waals surface area contributed by atoms with Gasteiger partial charge in [0, 0.05) is 9.50 Å². The van der Waals surface area contributed by atoms with Crippen molar-refractivity contribution < 1.29 is 4.79 Å². The number of halogens is 2. The van der Waals surface area contributed by atoms with Crippen molar-refractivity contribution in [3.05, 3.63) is 27.7 Å². The largest absolute Gasteiger partial charge is 0.392 e. The third kappa shape index (κ3) is 3.76. The molecule has 0 radical (unpaired) electrons. The van der Waals surface area contributed by atoms with Crippen LogP contribution in [-0.2, 0) is 4.79 Å². The first-order valence-corrected chi connectivity index (χ1v) is 8.60. The van der Waals surface area contributed by atoms with Crippen molar-refractivity contribution in [1.29, 1.82) is 0 Å². The molecule has 3 N–H and O–H groups in total. The van der Waals surface area contributed by atoms with Crippen molar-refractivity contribution in [2.75, 3.05) is 5.32 Å². The standard InChI is InChI=1S/C15H18BrClN2OS/c16-11-6-5-10(17)9-12(11)19-14(20)15(13(18)21)7-3-1-2-4-8-15/h5-6,9H,1-4,7-8H2,(H2,18,21)(H,19,20). The van der Waals surface area contributed by atoms with Crippen LogP contribution >= 0.6 is 39.7 Å². The second-order valence-electron chi connectivity index (χ2n) is 5.44. The molecule has 0 saturated heterocycles. The van der Waals surface area contributed by atoms with Crippen molar-refractivity contribution >= 4 is 56.3 Å². The number of amides is 1. The smallest absolute Gasteiger partial charge is 0.237 e. The molecule has 114 valence electrons. The number of rotatable bonds is 3. The van der Waals surface area contributed by atoms with E-state index in [1.807, 2.05) is 0 Å². The van der Waals surface area contributed by atoms with Crippen LogP contribution in [0.4, 0.5) is 5.69 Å². The molecule has 21 heavy (non-hydrogen) atoms. The molecule has 1 aromatic carbocycles. The normalized spacial score (nSPS) is 17.8. The molecule has 1 saturated carbocycles. The molecule has 0 heterocycles. The summed E-state index contributed by atoms with van der Waals surface area (Å²) < 4.78 is 0.784. The Bertz CT molecular complexity index is 557. The number of nitrogens with one attached hydrogen (secondary N) is 1. The first kappa shape index (κ1) is 16.7. The molecule has 1 amide bonds. The van der Waals surface area contributed by atoms with Gasteiger partial charge in [0.2, 0.25) is 5.91 Å². The zero-order valence-corrected chi connectivity index (χ0v) is 14.8. The van der Waals surface area contributed by atoms with Crippen LogP contribution < -0.4 is 11.1 Å².